The Balaban J connectivity index is 1.92. The summed E-state index contributed by atoms with van der Waals surface area (Å²) >= 11 is 0. The molecule has 0 unspecified atom stereocenters. The number of carbonyl (C=O) groups is 1. The van der Waals surface area contributed by atoms with E-state index in [4.69, 9.17) is 0 Å². The first-order chi connectivity index (χ1) is 9.58. The molecule has 1 amide bonds. The largest absolute Gasteiger partial charge is 0.340 e. The Kier molecular flexibility index (Phi) is 5.03. The fourth-order valence-corrected chi connectivity index (χ4v) is 2.30. The van der Waals surface area contributed by atoms with Crippen molar-refractivity contribution in [2.24, 2.45) is 0 Å². The monoisotopic (exact) mass is 277 g/mol. The Hall–Kier alpha value is -1.53. The van der Waals surface area contributed by atoms with Crippen LogP contribution in [0.15, 0.2) is 6.07 Å². The molecule has 20 heavy (non-hydrogen) atoms. The molecule has 2 heterocycles. The van der Waals surface area contributed by atoms with Gasteiger partial charge in [-0.2, -0.15) is 10.2 Å². The number of hydrogen-bond acceptors (Lipinski definition) is 5. The number of nitrogens with zero attached hydrogens (tertiary/aromatic N) is 4. The maximum absolute atomic E-state index is 12.4. The van der Waals surface area contributed by atoms with Crippen LogP contribution in [0, 0.1) is 13.8 Å². The van der Waals surface area contributed by atoms with E-state index in [0.29, 0.717) is 11.3 Å². The number of carbonyl (C=O) groups excluding carboxylic acids is 1. The second kappa shape index (κ2) is 6.76. The number of aromatic nitrogens is 2. The molecule has 0 saturated carbocycles. The standard InChI is InChI=1S/C14H23N5O/c1-11-10-13(12(2)17-16-11)14(20)18(3)8-9-19-6-4-15-5-7-19/h10,15H,4-9H2,1-3H3. The predicted molar refractivity (Wildman–Crippen MR) is 77.8 cm³/mol. The molecule has 1 aromatic rings. The molecule has 2 rings (SSSR count). The van der Waals surface area contributed by atoms with Gasteiger partial charge in [-0.15, -0.1) is 0 Å². The average molecular weight is 277 g/mol. The van der Waals surface area contributed by atoms with Crippen LogP contribution < -0.4 is 5.32 Å². The lowest BCUT2D eigenvalue weighted by Gasteiger charge is -2.29. The number of piperazine rings is 1. The highest BCUT2D eigenvalue weighted by atomic mass is 16.2. The van der Waals surface area contributed by atoms with E-state index in [1.807, 2.05) is 27.0 Å². The van der Waals surface area contributed by atoms with Gasteiger partial charge in [-0.05, 0) is 19.9 Å². The van der Waals surface area contributed by atoms with Crippen molar-refractivity contribution in [3.8, 4) is 0 Å². The molecule has 110 valence electrons. The Bertz CT molecular complexity index is 471. The van der Waals surface area contributed by atoms with E-state index in [-0.39, 0.29) is 5.91 Å². The van der Waals surface area contributed by atoms with Crippen LogP contribution in [0.5, 0.6) is 0 Å². The molecule has 0 bridgehead atoms. The van der Waals surface area contributed by atoms with Gasteiger partial charge in [-0.25, -0.2) is 0 Å². The summed E-state index contributed by atoms with van der Waals surface area (Å²) in [7, 11) is 1.85. The van der Waals surface area contributed by atoms with Crippen molar-refractivity contribution in [2.75, 3.05) is 46.3 Å². The van der Waals surface area contributed by atoms with Crippen LogP contribution in [0.25, 0.3) is 0 Å². The Morgan fingerprint density at radius 3 is 2.75 bits per heavy atom. The van der Waals surface area contributed by atoms with Crippen LogP contribution >= 0.6 is 0 Å². The molecule has 1 fully saturated rings. The second-order valence-corrected chi connectivity index (χ2v) is 5.30. The van der Waals surface area contributed by atoms with E-state index in [1.165, 1.54) is 0 Å². The van der Waals surface area contributed by atoms with E-state index in [2.05, 4.69) is 20.4 Å². The smallest absolute Gasteiger partial charge is 0.255 e. The van der Waals surface area contributed by atoms with Gasteiger partial charge in [0.15, 0.2) is 0 Å². The van der Waals surface area contributed by atoms with Crippen molar-refractivity contribution in [2.45, 2.75) is 13.8 Å². The SMILES string of the molecule is Cc1cc(C(=O)N(C)CCN2CCNCC2)c(C)nn1. The first-order valence-electron chi connectivity index (χ1n) is 7.07. The molecule has 6 heteroatoms. The van der Waals surface area contributed by atoms with Crippen molar-refractivity contribution in [1.82, 2.24) is 25.3 Å². The van der Waals surface area contributed by atoms with E-state index in [9.17, 15) is 4.79 Å². The van der Waals surface area contributed by atoms with E-state index in [0.717, 1.165) is 45.0 Å². The number of likely N-dealkylation sites (N-methyl/N-ethyl adjacent to an activating group) is 1. The van der Waals surface area contributed by atoms with Crippen molar-refractivity contribution in [3.63, 3.8) is 0 Å². The van der Waals surface area contributed by atoms with Crippen molar-refractivity contribution in [3.05, 3.63) is 23.0 Å². The summed E-state index contributed by atoms with van der Waals surface area (Å²) in [5, 5.41) is 11.3. The zero-order valence-electron chi connectivity index (χ0n) is 12.5. The van der Waals surface area contributed by atoms with Crippen LogP contribution in [-0.2, 0) is 0 Å². The topological polar surface area (TPSA) is 61.4 Å². The molecular formula is C14H23N5O. The fourth-order valence-electron chi connectivity index (χ4n) is 2.30. The molecule has 0 aliphatic carbocycles. The maximum atomic E-state index is 12.4. The van der Waals surface area contributed by atoms with Crippen LogP contribution in [0.1, 0.15) is 21.7 Å². The molecule has 0 spiro atoms. The summed E-state index contributed by atoms with van der Waals surface area (Å²) in [5.41, 5.74) is 2.12. The third kappa shape index (κ3) is 3.74. The minimum Gasteiger partial charge on any atom is -0.340 e. The predicted octanol–water partition coefficient (Wildman–Crippen LogP) is 0.0706. The molecule has 1 aromatic heterocycles. The summed E-state index contributed by atoms with van der Waals surface area (Å²) < 4.78 is 0. The van der Waals surface area contributed by atoms with Crippen molar-refractivity contribution in [1.29, 1.82) is 0 Å². The Labute approximate surface area is 120 Å². The first kappa shape index (κ1) is 14.9. The van der Waals surface area contributed by atoms with Gasteiger partial charge >= 0.3 is 0 Å². The molecule has 1 saturated heterocycles. The average Bonchev–Trinajstić information content (AvgIpc) is 2.47. The zero-order valence-corrected chi connectivity index (χ0v) is 12.5. The number of rotatable bonds is 4. The van der Waals surface area contributed by atoms with Gasteiger partial charge in [0.05, 0.1) is 17.0 Å². The molecule has 1 N–H and O–H groups in total. The van der Waals surface area contributed by atoms with Gasteiger partial charge < -0.3 is 10.2 Å². The van der Waals surface area contributed by atoms with E-state index in [1.54, 1.807) is 4.90 Å². The second-order valence-electron chi connectivity index (χ2n) is 5.30. The zero-order chi connectivity index (χ0) is 14.5. The van der Waals surface area contributed by atoms with Gasteiger partial charge in [-0.3, -0.25) is 9.69 Å². The molecule has 1 aliphatic heterocycles. The molecular weight excluding hydrogens is 254 g/mol. The lowest BCUT2D eigenvalue weighted by Crippen LogP contribution is -2.46. The van der Waals surface area contributed by atoms with Gasteiger partial charge in [0.1, 0.15) is 0 Å². The van der Waals surface area contributed by atoms with Gasteiger partial charge in [0, 0.05) is 46.3 Å². The normalized spacial score (nSPS) is 16.1. The quantitative estimate of drug-likeness (QED) is 0.844. The van der Waals surface area contributed by atoms with Crippen LogP contribution in [-0.4, -0.2) is 72.2 Å². The minimum atomic E-state index is 0.0237. The molecule has 6 nitrogen and oxygen atoms in total. The lowest BCUT2D eigenvalue weighted by molar-refractivity contribution is 0.0773. The molecule has 0 aromatic carbocycles. The Morgan fingerprint density at radius 1 is 1.35 bits per heavy atom. The van der Waals surface area contributed by atoms with E-state index >= 15 is 0 Å². The van der Waals surface area contributed by atoms with Crippen LogP contribution in [0.4, 0.5) is 0 Å². The highest BCUT2D eigenvalue weighted by molar-refractivity contribution is 5.95. The number of aryl methyl sites for hydroxylation is 2. The molecule has 0 atom stereocenters. The number of nitrogens with one attached hydrogen (secondary N) is 1. The summed E-state index contributed by atoms with van der Waals surface area (Å²) in [4.78, 5) is 16.6. The van der Waals surface area contributed by atoms with Gasteiger partial charge in [0.25, 0.3) is 5.91 Å². The summed E-state index contributed by atoms with van der Waals surface area (Å²) in [6.07, 6.45) is 0. The van der Waals surface area contributed by atoms with Crippen LogP contribution in [0.3, 0.4) is 0 Å². The third-order valence-corrected chi connectivity index (χ3v) is 3.64. The summed E-state index contributed by atoms with van der Waals surface area (Å²) in [6, 6.07) is 1.81. The molecule has 1 aliphatic rings. The minimum absolute atomic E-state index is 0.0237. The van der Waals surface area contributed by atoms with E-state index < -0.39 is 0 Å². The maximum Gasteiger partial charge on any atom is 0.255 e. The Morgan fingerprint density at radius 2 is 2.05 bits per heavy atom. The number of hydrogen-bond donors (Lipinski definition) is 1. The van der Waals surface area contributed by atoms with Gasteiger partial charge in [0.2, 0.25) is 0 Å². The fraction of sp³-hybridized carbons (Fsp3) is 0.643. The van der Waals surface area contributed by atoms with Gasteiger partial charge in [-0.1, -0.05) is 0 Å². The van der Waals surface area contributed by atoms with Crippen molar-refractivity contribution >= 4 is 5.91 Å². The number of amides is 1. The lowest BCUT2D eigenvalue weighted by atomic mass is 10.2. The highest BCUT2D eigenvalue weighted by Gasteiger charge is 2.17. The van der Waals surface area contributed by atoms with Crippen LogP contribution in [0.2, 0.25) is 0 Å². The summed E-state index contributed by atoms with van der Waals surface area (Å²) in [5.74, 6) is 0.0237. The van der Waals surface area contributed by atoms with Crippen molar-refractivity contribution < 1.29 is 4.79 Å². The first-order valence-corrected chi connectivity index (χ1v) is 7.07. The molecule has 0 radical (unpaired) electrons. The summed E-state index contributed by atoms with van der Waals surface area (Å²) in [6.45, 7) is 9.50. The highest BCUT2D eigenvalue weighted by Crippen LogP contribution is 2.08. The third-order valence-electron chi connectivity index (χ3n) is 3.64.